The second-order valence-electron chi connectivity index (χ2n) is 4.52. The number of nitrogens with two attached hydrogens (primary N) is 1. The first-order chi connectivity index (χ1) is 7.74. The van der Waals surface area contributed by atoms with Crippen LogP contribution in [0.4, 0.5) is 0 Å². The van der Waals surface area contributed by atoms with E-state index < -0.39 is 0 Å². The zero-order chi connectivity index (χ0) is 12.0. The summed E-state index contributed by atoms with van der Waals surface area (Å²) in [6, 6.07) is 0.727. The van der Waals surface area contributed by atoms with E-state index in [1.54, 1.807) is 7.11 Å². The zero-order valence-corrected chi connectivity index (χ0v) is 11.0. The van der Waals surface area contributed by atoms with Crippen LogP contribution >= 0.6 is 0 Å². The fourth-order valence-electron chi connectivity index (χ4n) is 2.55. The molecule has 2 N–H and O–H groups in total. The van der Waals surface area contributed by atoms with Crippen LogP contribution in [0.5, 0.6) is 0 Å². The Hall–Kier alpha value is -0.160. The topological polar surface area (TPSA) is 41.7 Å². The molecule has 4 nitrogen and oxygen atoms in total. The predicted molar refractivity (Wildman–Crippen MR) is 67.6 cm³/mol. The molecule has 0 aromatic heterocycles. The predicted octanol–water partition coefficient (Wildman–Crippen LogP) is 0.376. The third-order valence-electron chi connectivity index (χ3n) is 3.63. The lowest BCUT2D eigenvalue weighted by molar-refractivity contribution is 0.0746. The Kier molecular flexibility index (Phi) is 6.28. The van der Waals surface area contributed by atoms with Gasteiger partial charge in [-0.25, -0.2) is 0 Å². The highest BCUT2D eigenvalue weighted by molar-refractivity contribution is 4.84. The van der Waals surface area contributed by atoms with Crippen molar-refractivity contribution in [2.75, 3.05) is 46.4 Å². The summed E-state index contributed by atoms with van der Waals surface area (Å²) in [7, 11) is 1.75. The van der Waals surface area contributed by atoms with E-state index in [0.29, 0.717) is 6.54 Å². The van der Waals surface area contributed by atoms with Gasteiger partial charge in [-0.15, -0.1) is 0 Å². The van der Waals surface area contributed by atoms with Crippen molar-refractivity contribution in [1.29, 1.82) is 0 Å². The highest BCUT2D eigenvalue weighted by atomic mass is 16.5. The Balaban J connectivity index is 2.34. The fraction of sp³-hybridized carbons (Fsp3) is 1.00. The molecule has 1 saturated heterocycles. The van der Waals surface area contributed by atoms with Gasteiger partial charge >= 0.3 is 0 Å². The molecule has 0 aliphatic carbocycles. The molecular weight excluding hydrogens is 202 g/mol. The van der Waals surface area contributed by atoms with Crippen LogP contribution in [0.2, 0.25) is 0 Å². The number of hydrogen-bond donors (Lipinski definition) is 1. The van der Waals surface area contributed by atoms with Crippen LogP contribution < -0.4 is 5.73 Å². The van der Waals surface area contributed by atoms with Crippen LogP contribution in [0, 0.1) is 0 Å². The normalized spacial score (nSPS) is 24.2. The van der Waals surface area contributed by atoms with Crippen molar-refractivity contribution in [2.45, 2.75) is 32.4 Å². The number of methoxy groups -OCH3 is 1. The van der Waals surface area contributed by atoms with E-state index in [-0.39, 0.29) is 6.10 Å². The summed E-state index contributed by atoms with van der Waals surface area (Å²) in [5.74, 6) is 0. The smallest absolute Gasteiger partial charge is 0.0820 e. The summed E-state index contributed by atoms with van der Waals surface area (Å²) in [4.78, 5) is 5.02. The second-order valence-corrected chi connectivity index (χ2v) is 4.52. The lowest BCUT2D eigenvalue weighted by Crippen LogP contribution is -2.40. The van der Waals surface area contributed by atoms with Crippen molar-refractivity contribution < 1.29 is 4.74 Å². The van der Waals surface area contributed by atoms with Gasteiger partial charge in [-0.2, -0.15) is 0 Å². The van der Waals surface area contributed by atoms with E-state index >= 15 is 0 Å². The standard InChI is InChI=1S/C12H27N3O/c1-4-15(5-2)11-6-7-14(9-11)10-12(8-13)16-3/h11-12H,4-10,13H2,1-3H3. The van der Waals surface area contributed by atoms with E-state index in [2.05, 4.69) is 23.6 Å². The molecule has 0 radical (unpaired) electrons. The zero-order valence-electron chi connectivity index (χ0n) is 11.0. The molecule has 2 atom stereocenters. The van der Waals surface area contributed by atoms with Crippen molar-refractivity contribution in [1.82, 2.24) is 9.80 Å². The summed E-state index contributed by atoms with van der Waals surface area (Å²) in [6.07, 6.45) is 1.47. The van der Waals surface area contributed by atoms with Crippen LogP contribution in [0.1, 0.15) is 20.3 Å². The second kappa shape index (κ2) is 7.22. The monoisotopic (exact) mass is 229 g/mol. The first-order valence-corrected chi connectivity index (χ1v) is 6.44. The molecule has 1 heterocycles. The fourth-order valence-corrected chi connectivity index (χ4v) is 2.55. The van der Waals surface area contributed by atoms with Crippen molar-refractivity contribution in [3.63, 3.8) is 0 Å². The highest BCUT2D eigenvalue weighted by Crippen LogP contribution is 2.15. The maximum atomic E-state index is 5.65. The van der Waals surface area contributed by atoms with Gasteiger partial charge < -0.3 is 10.5 Å². The number of likely N-dealkylation sites (N-methyl/N-ethyl adjacent to an activating group) is 1. The van der Waals surface area contributed by atoms with Gasteiger partial charge in [-0.3, -0.25) is 9.80 Å². The molecular formula is C12H27N3O. The molecule has 0 amide bonds. The van der Waals surface area contributed by atoms with Gasteiger partial charge in [0.25, 0.3) is 0 Å². The van der Waals surface area contributed by atoms with E-state index in [1.807, 2.05) is 0 Å². The molecule has 0 saturated carbocycles. The lowest BCUT2D eigenvalue weighted by Gasteiger charge is -2.27. The van der Waals surface area contributed by atoms with Crippen LogP contribution in [0.25, 0.3) is 0 Å². The van der Waals surface area contributed by atoms with Crippen LogP contribution in [-0.2, 0) is 4.74 Å². The van der Waals surface area contributed by atoms with Gasteiger partial charge in [0.15, 0.2) is 0 Å². The minimum atomic E-state index is 0.190. The maximum absolute atomic E-state index is 5.65. The van der Waals surface area contributed by atoms with Gasteiger partial charge in [-0.1, -0.05) is 13.8 Å². The molecule has 1 aliphatic heterocycles. The molecule has 96 valence electrons. The van der Waals surface area contributed by atoms with Gasteiger partial charge in [0.2, 0.25) is 0 Å². The van der Waals surface area contributed by atoms with Crippen molar-refractivity contribution in [3.8, 4) is 0 Å². The Morgan fingerprint density at radius 3 is 2.62 bits per heavy atom. The molecule has 1 aliphatic rings. The Bertz CT molecular complexity index is 181. The molecule has 0 aromatic rings. The van der Waals surface area contributed by atoms with Crippen molar-refractivity contribution >= 4 is 0 Å². The number of rotatable bonds is 7. The van der Waals surface area contributed by atoms with Crippen LogP contribution in [-0.4, -0.2) is 68.3 Å². The van der Waals surface area contributed by atoms with E-state index in [9.17, 15) is 0 Å². The lowest BCUT2D eigenvalue weighted by atomic mass is 10.2. The molecule has 4 heteroatoms. The first-order valence-electron chi connectivity index (χ1n) is 6.44. The third kappa shape index (κ3) is 3.70. The quantitative estimate of drug-likeness (QED) is 0.685. The largest absolute Gasteiger partial charge is 0.379 e. The molecule has 1 fully saturated rings. The molecule has 0 bridgehead atoms. The average molecular weight is 229 g/mol. The van der Waals surface area contributed by atoms with E-state index in [0.717, 1.165) is 25.7 Å². The molecule has 2 unspecified atom stereocenters. The summed E-state index contributed by atoms with van der Waals surface area (Å²) in [5, 5.41) is 0. The minimum absolute atomic E-state index is 0.190. The van der Waals surface area contributed by atoms with Crippen LogP contribution in [0.15, 0.2) is 0 Å². The number of hydrogen-bond acceptors (Lipinski definition) is 4. The van der Waals surface area contributed by atoms with Gasteiger partial charge in [0.05, 0.1) is 6.10 Å². The minimum Gasteiger partial charge on any atom is -0.379 e. The Morgan fingerprint density at radius 1 is 1.44 bits per heavy atom. The molecule has 16 heavy (non-hydrogen) atoms. The van der Waals surface area contributed by atoms with Gasteiger partial charge in [-0.05, 0) is 26.1 Å². The third-order valence-corrected chi connectivity index (χ3v) is 3.63. The Morgan fingerprint density at radius 2 is 2.12 bits per heavy atom. The van der Waals surface area contributed by atoms with E-state index in [1.165, 1.54) is 19.5 Å². The molecule has 0 spiro atoms. The molecule has 0 aromatic carbocycles. The molecule has 1 rings (SSSR count). The summed E-state index contributed by atoms with van der Waals surface area (Å²) < 4.78 is 5.33. The van der Waals surface area contributed by atoms with Gasteiger partial charge in [0, 0.05) is 32.8 Å². The highest BCUT2D eigenvalue weighted by Gasteiger charge is 2.27. The Labute approximate surface area is 99.7 Å². The first kappa shape index (κ1) is 13.9. The van der Waals surface area contributed by atoms with Crippen LogP contribution in [0.3, 0.4) is 0 Å². The summed E-state index contributed by atoms with van der Waals surface area (Å²) in [6.45, 7) is 10.7. The number of likely N-dealkylation sites (tertiary alicyclic amines) is 1. The van der Waals surface area contributed by atoms with Gasteiger partial charge in [0.1, 0.15) is 0 Å². The average Bonchev–Trinajstić information content (AvgIpc) is 2.76. The van der Waals surface area contributed by atoms with Crippen molar-refractivity contribution in [2.24, 2.45) is 5.73 Å². The van der Waals surface area contributed by atoms with Crippen molar-refractivity contribution in [3.05, 3.63) is 0 Å². The van der Waals surface area contributed by atoms with E-state index in [4.69, 9.17) is 10.5 Å². The SMILES string of the molecule is CCN(CC)C1CCN(CC(CN)OC)C1. The summed E-state index contributed by atoms with van der Waals surface area (Å²) >= 11 is 0. The summed E-state index contributed by atoms with van der Waals surface area (Å²) in [5.41, 5.74) is 5.65. The number of nitrogens with zero attached hydrogens (tertiary/aromatic N) is 2. The number of ether oxygens (including phenoxy) is 1. The maximum Gasteiger partial charge on any atom is 0.0820 e.